The summed E-state index contributed by atoms with van der Waals surface area (Å²) in [7, 11) is 0. The average molecular weight is 227 g/mol. The molecule has 0 unspecified atom stereocenters. The molecular weight excluding hydrogens is 216 g/mol. The third-order valence-corrected chi connectivity index (χ3v) is 2.44. The molecule has 0 aliphatic heterocycles. The van der Waals surface area contributed by atoms with E-state index in [1.54, 1.807) is 12.3 Å². The van der Waals surface area contributed by atoms with E-state index in [0.29, 0.717) is 11.0 Å². The number of alkyl halides is 2. The number of fused-ring (bicyclic) bond motifs is 1. The first-order chi connectivity index (χ1) is 7.54. The van der Waals surface area contributed by atoms with Crippen LogP contribution in [0.2, 0.25) is 0 Å². The number of nitrogens with one attached hydrogen (secondary N) is 1. The zero-order valence-electron chi connectivity index (χ0n) is 8.32. The normalized spacial score (nSPS) is 14.2. The average Bonchev–Trinajstić information content (AvgIpc) is 2.74. The molecule has 0 radical (unpaired) electrons. The molecule has 2 heterocycles. The van der Waals surface area contributed by atoms with E-state index >= 15 is 0 Å². The Kier molecular flexibility index (Phi) is 2.61. The SMILES string of the molecule is N[C@@H](c1cnc2cc[nH]c2c1)C(F)(F)CO. The third kappa shape index (κ3) is 1.77. The summed E-state index contributed by atoms with van der Waals surface area (Å²) in [6, 6.07) is 1.68. The largest absolute Gasteiger partial charge is 0.390 e. The molecule has 1 atom stereocenters. The molecule has 16 heavy (non-hydrogen) atoms. The molecule has 2 aromatic rings. The van der Waals surface area contributed by atoms with Crippen LogP contribution >= 0.6 is 0 Å². The predicted octanol–water partition coefficient (Wildman–Crippen LogP) is 1.19. The first-order valence-electron chi connectivity index (χ1n) is 4.72. The van der Waals surface area contributed by atoms with Crippen molar-refractivity contribution in [2.45, 2.75) is 12.0 Å². The van der Waals surface area contributed by atoms with E-state index in [1.807, 2.05) is 0 Å². The Morgan fingerprint density at radius 1 is 1.56 bits per heavy atom. The highest BCUT2D eigenvalue weighted by Gasteiger charge is 2.37. The molecule has 0 saturated heterocycles. The third-order valence-electron chi connectivity index (χ3n) is 2.44. The lowest BCUT2D eigenvalue weighted by atomic mass is 10.0. The molecule has 0 spiro atoms. The Hall–Kier alpha value is -1.53. The number of aliphatic hydroxyl groups excluding tert-OH is 1. The molecule has 86 valence electrons. The second kappa shape index (κ2) is 3.80. The topological polar surface area (TPSA) is 74.9 Å². The van der Waals surface area contributed by atoms with Crippen molar-refractivity contribution in [3.63, 3.8) is 0 Å². The number of rotatable bonds is 3. The lowest BCUT2D eigenvalue weighted by Gasteiger charge is -2.21. The highest BCUT2D eigenvalue weighted by molar-refractivity contribution is 5.75. The first kappa shape index (κ1) is 11.0. The Morgan fingerprint density at radius 3 is 3.00 bits per heavy atom. The van der Waals surface area contributed by atoms with Gasteiger partial charge in [-0.05, 0) is 17.7 Å². The van der Waals surface area contributed by atoms with E-state index in [4.69, 9.17) is 10.8 Å². The van der Waals surface area contributed by atoms with E-state index in [-0.39, 0.29) is 5.56 Å². The second-order valence-corrected chi connectivity index (χ2v) is 3.58. The molecule has 0 amide bonds. The van der Waals surface area contributed by atoms with Gasteiger partial charge in [0.05, 0.1) is 17.1 Å². The summed E-state index contributed by atoms with van der Waals surface area (Å²) in [6.45, 7) is -1.28. The number of hydrogen-bond donors (Lipinski definition) is 3. The molecule has 2 rings (SSSR count). The summed E-state index contributed by atoms with van der Waals surface area (Å²) in [5.41, 5.74) is 6.89. The van der Waals surface area contributed by atoms with Gasteiger partial charge in [-0.25, -0.2) is 8.78 Å². The van der Waals surface area contributed by atoms with Crippen molar-refractivity contribution in [2.24, 2.45) is 5.73 Å². The van der Waals surface area contributed by atoms with E-state index in [0.717, 1.165) is 0 Å². The smallest absolute Gasteiger partial charge is 0.289 e. The number of nitrogens with zero attached hydrogens (tertiary/aromatic N) is 1. The van der Waals surface area contributed by atoms with Crippen molar-refractivity contribution in [3.8, 4) is 0 Å². The van der Waals surface area contributed by atoms with E-state index in [9.17, 15) is 8.78 Å². The maximum Gasteiger partial charge on any atom is 0.289 e. The van der Waals surface area contributed by atoms with Gasteiger partial charge < -0.3 is 15.8 Å². The van der Waals surface area contributed by atoms with E-state index in [2.05, 4.69) is 9.97 Å². The molecule has 2 aromatic heterocycles. The second-order valence-electron chi connectivity index (χ2n) is 3.58. The summed E-state index contributed by atoms with van der Waals surface area (Å²) in [6.07, 6.45) is 2.96. The summed E-state index contributed by atoms with van der Waals surface area (Å²) >= 11 is 0. The minimum Gasteiger partial charge on any atom is -0.390 e. The van der Waals surface area contributed by atoms with Gasteiger partial charge >= 0.3 is 0 Å². The van der Waals surface area contributed by atoms with Gasteiger partial charge in [-0.2, -0.15) is 0 Å². The number of aliphatic hydroxyl groups is 1. The van der Waals surface area contributed by atoms with Crippen LogP contribution in [0.3, 0.4) is 0 Å². The molecule has 0 aliphatic carbocycles. The Bertz CT molecular complexity index is 498. The van der Waals surface area contributed by atoms with Crippen LogP contribution in [0.5, 0.6) is 0 Å². The lowest BCUT2D eigenvalue weighted by molar-refractivity contribution is -0.0712. The van der Waals surface area contributed by atoms with Crippen LogP contribution in [0.25, 0.3) is 11.0 Å². The van der Waals surface area contributed by atoms with Gasteiger partial charge in [0, 0.05) is 12.4 Å². The van der Waals surface area contributed by atoms with Crippen LogP contribution in [-0.4, -0.2) is 27.6 Å². The number of hydrogen-bond acceptors (Lipinski definition) is 3. The Labute approximate surface area is 90.1 Å². The number of nitrogens with two attached hydrogens (primary N) is 1. The zero-order chi connectivity index (χ0) is 11.8. The summed E-state index contributed by atoms with van der Waals surface area (Å²) in [4.78, 5) is 6.84. The number of H-pyrrole nitrogens is 1. The van der Waals surface area contributed by atoms with Crippen LogP contribution < -0.4 is 5.73 Å². The van der Waals surface area contributed by atoms with Gasteiger partial charge in [-0.15, -0.1) is 0 Å². The Balaban J connectivity index is 2.39. The van der Waals surface area contributed by atoms with Crippen molar-refractivity contribution in [3.05, 3.63) is 30.1 Å². The first-order valence-corrected chi connectivity index (χ1v) is 4.72. The van der Waals surface area contributed by atoms with Crippen molar-refractivity contribution in [1.82, 2.24) is 9.97 Å². The summed E-state index contributed by atoms with van der Waals surface area (Å²) < 4.78 is 26.3. The predicted molar refractivity (Wildman–Crippen MR) is 55.1 cm³/mol. The van der Waals surface area contributed by atoms with Crippen molar-refractivity contribution < 1.29 is 13.9 Å². The highest BCUT2D eigenvalue weighted by Crippen LogP contribution is 2.29. The molecule has 0 saturated carbocycles. The fourth-order valence-electron chi connectivity index (χ4n) is 1.46. The maximum atomic E-state index is 13.1. The molecule has 0 aromatic carbocycles. The molecule has 0 bridgehead atoms. The number of halogens is 2. The van der Waals surface area contributed by atoms with Gasteiger partial charge in [0.1, 0.15) is 6.61 Å². The Morgan fingerprint density at radius 2 is 2.31 bits per heavy atom. The fraction of sp³-hybridized carbons (Fsp3) is 0.300. The highest BCUT2D eigenvalue weighted by atomic mass is 19.3. The summed E-state index contributed by atoms with van der Waals surface area (Å²) in [5, 5.41) is 8.54. The van der Waals surface area contributed by atoms with Gasteiger partial charge in [-0.1, -0.05) is 0 Å². The fourth-order valence-corrected chi connectivity index (χ4v) is 1.46. The van der Waals surface area contributed by atoms with Crippen LogP contribution in [0.15, 0.2) is 24.5 Å². The molecule has 4 nitrogen and oxygen atoms in total. The number of aromatic nitrogens is 2. The maximum absolute atomic E-state index is 13.1. The standard InChI is InChI=1S/C10H11F2N3O/c11-10(12,5-16)9(13)6-3-8-7(15-4-6)1-2-14-8/h1-4,9,14,16H,5,13H2/t9-/m0/s1. The van der Waals surface area contributed by atoms with Gasteiger partial charge in [0.2, 0.25) is 0 Å². The van der Waals surface area contributed by atoms with Gasteiger partial charge in [0.15, 0.2) is 0 Å². The van der Waals surface area contributed by atoms with Gasteiger partial charge in [0.25, 0.3) is 5.92 Å². The van der Waals surface area contributed by atoms with E-state index < -0.39 is 18.6 Å². The van der Waals surface area contributed by atoms with Crippen molar-refractivity contribution >= 4 is 11.0 Å². The van der Waals surface area contributed by atoms with Crippen LogP contribution in [-0.2, 0) is 0 Å². The molecule has 0 fully saturated rings. The number of pyridine rings is 1. The van der Waals surface area contributed by atoms with Crippen LogP contribution in [0.4, 0.5) is 8.78 Å². The lowest BCUT2D eigenvalue weighted by Crippen LogP contribution is -2.36. The van der Waals surface area contributed by atoms with Crippen molar-refractivity contribution in [1.29, 1.82) is 0 Å². The summed E-state index contributed by atoms with van der Waals surface area (Å²) in [5.74, 6) is -3.35. The van der Waals surface area contributed by atoms with Crippen LogP contribution in [0.1, 0.15) is 11.6 Å². The molecule has 0 aliphatic rings. The zero-order valence-corrected chi connectivity index (χ0v) is 8.32. The van der Waals surface area contributed by atoms with Crippen molar-refractivity contribution in [2.75, 3.05) is 6.61 Å². The monoisotopic (exact) mass is 227 g/mol. The minimum absolute atomic E-state index is 0.189. The minimum atomic E-state index is -3.35. The molecule has 4 N–H and O–H groups in total. The van der Waals surface area contributed by atoms with E-state index in [1.165, 1.54) is 12.3 Å². The number of aromatic amines is 1. The molecular formula is C10H11F2N3O. The van der Waals surface area contributed by atoms with Gasteiger partial charge in [-0.3, -0.25) is 4.98 Å². The molecule has 6 heteroatoms. The quantitative estimate of drug-likeness (QED) is 0.737. The van der Waals surface area contributed by atoms with Crippen LogP contribution in [0, 0.1) is 0 Å².